The minimum Gasteiger partial charge on any atom is -0.482 e. The van der Waals surface area contributed by atoms with Crippen LogP contribution in [0.5, 0.6) is 5.75 Å². The van der Waals surface area contributed by atoms with E-state index in [9.17, 15) is 14.7 Å². The van der Waals surface area contributed by atoms with E-state index in [1.54, 1.807) is 20.3 Å². The Morgan fingerprint density at radius 2 is 1.91 bits per heavy atom. The second-order valence-corrected chi connectivity index (χ2v) is 10.8. The SMILES string of the molecule is C=CCn1c(=O)c2cnc(Nc3ccc(N4CCN(C)CC4)c(CO)c3)nc2n1-c1ccc2c(c1)N(CCC)C(=O)CO2. The van der Waals surface area contributed by atoms with Gasteiger partial charge in [-0.05, 0) is 49.9 Å². The summed E-state index contributed by atoms with van der Waals surface area (Å²) in [6.45, 7) is 10.3. The summed E-state index contributed by atoms with van der Waals surface area (Å²) in [5.74, 6) is 0.807. The van der Waals surface area contributed by atoms with Gasteiger partial charge in [-0.1, -0.05) is 13.0 Å². The molecule has 2 aromatic heterocycles. The van der Waals surface area contributed by atoms with Gasteiger partial charge in [0, 0.05) is 55.9 Å². The highest BCUT2D eigenvalue weighted by Crippen LogP contribution is 2.35. The van der Waals surface area contributed by atoms with Crippen molar-refractivity contribution in [2.75, 3.05) is 61.5 Å². The van der Waals surface area contributed by atoms with Crippen LogP contribution < -0.4 is 25.4 Å². The summed E-state index contributed by atoms with van der Waals surface area (Å²) in [6.07, 6.45) is 3.96. The minimum absolute atomic E-state index is 0.00340. The lowest BCUT2D eigenvalue weighted by molar-refractivity contribution is -0.121. The van der Waals surface area contributed by atoms with Gasteiger partial charge in [0.25, 0.3) is 11.5 Å². The number of rotatable bonds is 9. The molecule has 0 saturated carbocycles. The molecule has 2 aliphatic heterocycles. The average molecular weight is 585 g/mol. The molecular weight excluding hydrogens is 548 g/mol. The van der Waals surface area contributed by atoms with Gasteiger partial charge in [0.1, 0.15) is 11.1 Å². The van der Waals surface area contributed by atoms with E-state index < -0.39 is 0 Å². The Kier molecular flexibility index (Phi) is 7.87. The molecule has 4 aromatic rings. The Bertz CT molecular complexity index is 1740. The summed E-state index contributed by atoms with van der Waals surface area (Å²) in [6, 6.07) is 11.4. The lowest BCUT2D eigenvalue weighted by Gasteiger charge is -2.35. The quantitative estimate of drug-likeness (QED) is 0.286. The van der Waals surface area contributed by atoms with E-state index in [1.807, 2.05) is 43.3 Å². The van der Waals surface area contributed by atoms with Crippen LogP contribution in [0.2, 0.25) is 0 Å². The summed E-state index contributed by atoms with van der Waals surface area (Å²) in [4.78, 5) is 41.6. The normalized spacial score (nSPS) is 15.5. The van der Waals surface area contributed by atoms with Gasteiger partial charge in [-0.25, -0.2) is 14.3 Å². The summed E-state index contributed by atoms with van der Waals surface area (Å²) in [5.41, 5.74) is 4.00. The fourth-order valence-electron chi connectivity index (χ4n) is 5.70. The van der Waals surface area contributed by atoms with E-state index >= 15 is 0 Å². The zero-order chi connectivity index (χ0) is 30.1. The van der Waals surface area contributed by atoms with E-state index in [4.69, 9.17) is 9.72 Å². The average Bonchev–Trinajstić information content (AvgIpc) is 3.29. The van der Waals surface area contributed by atoms with Gasteiger partial charge in [-0.3, -0.25) is 9.59 Å². The number of fused-ring (bicyclic) bond motifs is 2. The Hall–Kier alpha value is -4.68. The van der Waals surface area contributed by atoms with Gasteiger partial charge in [0.2, 0.25) is 5.95 Å². The first-order valence-electron chi connectivity index (χ1n) is 14.5. The summed E-state index contributed by atoms with van der Waals surface area (Å²) >= 11 is 0. The fraction of sp³-hybridized carbons (Fsp3) is 0.355. The van der Waals surface area contributed by atoms with Crippen LogP contribution in [0.25, 0.3) is 16.7 Å². The van der Waals surface area contributed by atoms with Gasteiger partial charge in [-0.15, -0.1) is 6.58 Å². The number of piperazine rings is 1. The molecule has 2 N–H and O–H groups in total. The van der Waals surface area contributed by atoms with Crippen LogP contribution in [-0.2, 0) is 17.9 Å². The number of carbonyl (C=O) groups is 1. The Balaban J connectivity index is 1.39. The first-order valence-corrected chi connectivity index (χ1v) is 14.5. The number of carbonyl (C=O) groups excluding carboxylic acids is 1. The molecule has 12 heteroatoms. The first kappa shape index (κ1) is 28.4. The standard InChI is InChI=1S/C31H36N8O4/c1-4-10-37-26-17-23(7-9-27(26)43-20-28(37)41)39-29-24(30(42)38(39)11-5-2)18-32-31(34-29)33-22-6-8-25(21(16-22)19-40)36-14-12-35(3)13-15-36/h5-9,16-18,40H,2,4,10-15,19-20H2,1,3H3,(H,32,33,34). The summed E-state index contributed by atoms with van der Waals surface area (Å²) < 4.78 is 8.96. The van der Waals surface area contributed by atoms with Crippen LogP contribution in [0.4, 0.5) is 23.0 Å². The number of likely N-dealkylation sites (N-methyl/N-ethyl adjacent to an activating group) is 1. The van der Waals surface area contributed by atoms with Crippen LogP contribution in [0.1, 0.15) is 18.9 Å². The Morgan fingerprint density at radius 3 is 2.65 bits per heavy atom. The predicted octanol–water partition coefficient (Wildman–Crippen LogP) is 2.89. The number of hydrogen-bond donors (Lipinski definition) is 2. The van der Waals surface area contributed by atoms with Crippen molar-refractivity contribution in [2.24, 2.45) is 0 Å². The van der Waals surface area contributed by atoms with Gasteiger partial charge in [-0.2, -0.15) is 4.98 Å². The molecule has 43 heavy (non-hydrogen) atoms. The molecule has 1 amide bonds. The minimum atomic E-state index is -0.254. The van der Waals surface area contributed by atoms with Crippen molar-refractivity contribution < 1.29 is 14.6 Å². The number of hydrogen-bond acceptors (Lipinski definition) is 9. The lowest BCUT2D eigenvalue weighted by Crippen LogP contribution is -2.44. The zero-order valence-electron chi connectivity index (χ0n) is 24.5. The molecule has 12 nitrogen and oxygen atoms in total. The zero-order valence-corrected chi connectivity index (χ0v) is 24.5. The Morgan fingerprint density at radius 1 is 1.09 bits per heavy atom. The van der Waals surface area contributed by atoms with E-state index in [0.717, 1.165) is 49.5 Å². The van der Waals surface area contributed by atoms with Crippen molar-refractivity contribution in [3.05, 3.63) is 71.2 Å². The number of benzene rings is 2. The molecule has 0 spiro atoms. The second kappa shape index (κ2) is 11.9. The molecule has 1 saturated heterocycles. The third-order valence-electron chi connectivity index (χ3n) is 7.90. The molecule has 0 atom stereocenters. The summed E-state index contributed by atoms with van der Waals surface area (Å²) in [5, 5.41) is 13.8. The van der Waals surface area contributed by atoms with Gasteiger partial charge in [0.05, 0.1) is 24.5 Å². The predicted molar refractivity (Wildman–Crippen MR) is 167 cm³/mol. The maximum Gasteiger partial charge on any atom is 0.278 e. The third-order valence-corrected chi connectivity index (χ3v) is 7.90. The number of amides is 1. The van der Waals surface area contributed by atoms with E-state index in [2.05, 4.69) is 33.7 Å². The van der Waals surface area contributed by atoms with Gasteiger partial charge >= 0.3 is 0 Å². The van der Waals surface area contributed by atoms with Crippen LogP contribution in [0, 0.1) is 0 Å². The van der Waals surface area contributed by atoms with Crippen molar-refractivity contribution in [3.8, 4) is 11.4 Å². The Labute approximate surface area is 249 Å². The molecule has 0 bridgehead atoms. The number of aromatic nitrogens is 4. The topological polar surface area (TPSA) is 121 Å². The number of nitrogens with one attached hydrogen (secondary N) is 1. The largest absolute Gasteiger partial charge is 0.482 e. The number of aliphatic hydroxyl groups excluding tert-OH is 1. The molecule has 2 aromatic carbocycles. The summed E-state index contributed by atoms with van der Waals surface area (Å²) in [7, 11) is 2.11. The molecule has 0 aliphatic carbocycles. The first-order chi connectivity index (χ1) is 20.9. The number of nitrogens with zero attached hydrogens (tertiary/aromatic N) is 7. The third kappa shape index (κ3) is 5.35. The van der Waals surface area contributed by atoms with Crippen molar-refractivity contribution in [1.29, 1.82) is 0 Å². The van der Waals surface area contributed by atoms with Crippen molar-refractivity contribution >= 4 is 40.0 Å². The van der Waals surface area contributed by atoms with E-state index in [1.165, 1.54) is 6.20 Å². The molecule has 2 aliphatic rings. The van der Waals surface area contributed by atoms with Crippen molar-refractivity contribution in [2.45, 2.75) is 26.5 Å². The number of anilines is 4. The molecular formula is C31H36N8O4. The molecule has 1 fully saturated rings. The molecule has 224 valence electrons. The molecule has 0 radical (unpaired) electrons. The molecule has 0 unspecified atom stereocenters. The van der Waals surface area contributed by atoms with Crippen LogP contribution in [0.3, 0.4) is 0 Å². The maximum atomic E-state index is 13.5. The van der Waals surface area contributed by atoms with E-state index in [-0.39, 0.29) is 31.2 Å². The highest BCUT2D eigenvalue weighted by Gasteiger charge is 2.27. The number of aliphatic hydroxyl groups is 1. The van der Waals surface area contributed by atoms with E-state index in [0.29, 0.717) is 40.7 Å². The van der Waals surface area contributed by atoms with Crippen LogP contribution in [0.15, 0.2) is 60.0 Å². The van der Waals surface area contributed by atoms with Crippen LogP contribution >= 0.6 is 0 Å². The van der Waals surface area contributed by atoms with Crippen molar-refractivity contribution in [3.63, 3.8) is 0 Å². The number of ether oxygens (including phenoxy) is 1. The maximum absolute atomic E-state index is 13.5. The van der Waals surface area contributed by atoms with Gasteiger partial charge < -0.3 is 29.9 Å². The number of allylic oxidation sites excluding steroid dienone is 1. The highest BCUT2D eigenvalue weighted by atomic mass is 16.5. The molecule has 4 heterocycles. The highest BCUT2D eigenvalue weighted by molar-refractivity contribution is 5.98. The monoisotopic (exact) mass is 584 g/mol. The smallest absolute Gasteiger partial charge is 0.278 e. The fourth-order valence-corrected chi connectivity index (χ4v) is 5.70. The van der Waals surface area contributed by atoms with Crippen LogP contribution in [-0.4, -0.2) is 81.6 Å². The second-order valence-electron chi connectivity index (χ2n) is 10.8. The molecule has 6 rings (SSSR count). The lowest BCUT2D eigenvalue weighted by atomic mass is 10.1. The van der Waals surface area contributed by atoms with Gasteiger partial charge in [0.15, 0.2) is 12.3 Å². The van der Waals surface area contributed by atoms with Crippen molar-refractivity contribution in [1.82, 2.24) is 24.2 Å².